The van der Waals surface area contributed by atoms with Gasteiger partial charge >= 0.3 is 5.97 Å². The minimum absolute atomic E-state index is 0.274. The molecule has 0 atom stereocenters. The number of nitrogens with zero attached hydrogens (tertiary/aromatic N) is 1. The van der Waals surface area contributed by atoms with E-state index in [1.165, 1.54) is 7.11 Å². The zero-order chi connectivity index (χ0) is 12.7. The highest BCUT2D eigenvalue weighted by Gasteiger charge is 2.12. The van der Waals surface area contributed by atoms with E-state index >= 15 is 0 Å². The van der Waals surface area contributed by atoms with Crippen molar-refractivity contribution in [2.24, 2.45) is 0 Å². The van der Waals surface area contributed by atoms with Crippen LogP contribution in [0.5, 0.6) is 0 Å². The molecule has 0 radical (unpaired) electrons. The topological polar surface area (TPSA) is 42.7 Å². The molecule has 0 spiro atoms. The predicted molar refractivity (Wildman–Crippen MR) is 65.9 cm³/mol. The highest BCUT2D eigenvalue weighted by Crippen LogP contribution is 2.12. The van der Waals surface area contributed by atoms with Crippen LogP contribution >= 0.6 is 0 Å². The van der Waals surface area contributed by atoms with Gasteiger partial charge in [0.2, 0.25) is 5.76 Å². The molecule has 0 saturated heterocycles. The van der Waals surface area contributed by atoms with Gasteiger partial charge in [-0.3, -0.25) is 4.90 Å². The van der Waals surface area contributed by atoms with E-state index < -0.39 is 5.97 Å². The van der Waals surface area contributed by atoms with Crippen molar-refractivity contribution in [3.8, 4) is 0 Å². The third kappa shape index (κ3) is 4.23. The summed E-state index contributed by atoms with van der Waals surface area (Å²) < 4.78 is 10.0. The molecule has 17 heavy (non-hydrogen) atoms. The standard InChI is InChI=1S/C13H21NO3/c1-4-8-14(9-5-2)10-11-6-7-12(17-11)13(15)16-3/h6-7H,4-5,8-10H2,1-3H3. The van der Waals surface area contributed by atoms with E-state index in [1.807, 2.05) is 6.07 Å². The van der Waals surface area contributed by atoms with Crippen LogP contribution in [0.15, 0.2) is 16.5 Å². The second-order valence-electron chi connectivity index (χ2n) is 4.03. The first-order chi connectivity index (χ1) is 8.21. The molecule has 1 rings (SSSR count). The maximum atomic E-state index is 11.2. The fraction of sp³-hybridized carbons (Fsp3) is 0.615. The summed E-state index contributed by atoms with van der Waals surface area (Å²) in [6.45, 7) is 7.15. The molecular weight excluding hydrogens is 218 g/mol. The molecule has 0 unspecified atom stereocenters. The minimum atomic E-state index is -0.422. The van der Waals surface area contributed by atoms with Crippen molar-refractivity contribution in [2.45, 2.75) is 33.2 Å². The fourth-order valence-electron chi connectivity index (χ4n) is 1.80. The Labute approximate surface area is 103 Å². The van der Waals surface area contributed by atoms with Crippen LogP contribution in [-0.4, -0.2) is 31.1 Å². The van der Waals surface area contributed by atoms with Crippen molar-refractivity contribution < 1.29 is 13.9 Å². The third-order valence-electron chi connectivity index (χ3n) is 2.51. The van der Waals surface area contributed by atoms with E-state index in [1.54, 1.807) is 6.07 Å². The molecule has 0 N–H and O–H groups in total. The third-order valence-corrected chi connectivity index (χ3v) is 2.51. The first kappa shape index (κ1) is 13.8. The van der Waals surface area contributed by atoms with Gasteiger partial charge < -0.3 is 9.15 Å². The number of esters is 1. The van der Waals surface area contributed by atoms with Gasteiger partial charge in [-0.25, -0.2) is 4.79 Å². The van der Waals surface area contributed by atoms with E-state index in [4.69, 9.17) is 4.42 Å². The Hall–Kier alpha value is -1.29. The number of hydrogen-bond donors (Lipinski definition) is 0. The molecule has 4 heteroatoms. The van der Waals surface area contributed by atoms with Gasteiger partial charge in [0.15, 0.2) is 0 Å². The molecule has 0 aliphatic heterocycles. The monoisotopic (exact) mass is 239 g/mol. The van der Waals surface area contributed by atoms with Crippen LogP contribution in [0.4, 0.5) is 0 Å². The molecule has 0 amide bonds. The largest absolute Gasteiger partial charge is 0.463 e. The molecule has 0 saturated carbocycles. The molecule has 0 fully saturated rings. The number of furan rings is 1. The van der Waals surface area contributed by atoms with Crippen LogP contribution in [0.2, 0.25) is 0 Å². The highest BCUT2D eigenvalue weighted by atomic mass is 16.5. The van der Waals surface area contributed by atoms with Crippen LogP contribution < -0.4 is 0 Å². The Bertz CT molecular complexity index is 340. The van der Waals surface area contributed by atoms with Crippen molar-refractivity contribution in [3.05, 3.63) is 23.7 Å². The van der Waals surface area contributed by atoms with E-state index in [0.29, 0.717) is 0 Å². The fourth-order valence-corrected chi connectivity index (χ4v) is 1.80. The van der Waals surface area contributed by atoms with E-state index in [0.717, 1.165) is 38.2 Å². The summed E-state index contributed by atoms with van der Waals surface area (Å²) in [6, 6.07) is 3.50. The molecule has 0 bridgehead atoms. The summed E-state index contributed by atoms with van der Waals surface area (Å²) >= 11 is 0. The lowest BCUT2D eigenvalue weighted by Crippen LogP contribution is -2.24. The SMILES string of the molecule is CCCN(CCC)Cc1ccc(C(=O)OC)o1. The van der Waals surface area contributed by atoms with E-state index in [9.17, 15) is 4.79 Å². The summed E-state index contributed by atoms with van der Waals surface area (Å²) in [5, 5.41) is 0. The summed E-state index contributed by atoms with van der Waals surface area (Å²) in [5.74, 6) is 0.663. The number of hydrogen-bond acceptors (Lipinski definition) is 4. The summed E-state index contributed by atoms with van der Waals surface area (Å²) in [4.78, 5) is 13.6. The maximum absolute atomic E-state index is 11.2. The van der Waals surface area contributed by atoms with Gasteiger partial charge in [-0.15, -0.1) is 0 Å². The van der Waals surface area contributed by atoms with Gasteiger partial charge in [0.25, 0.3) is 0 Å². The number of rotatable bonds is 7. The van der Waals surface area contributed by atoms with Gasteiger partial charge in [0.05, 0.1) is 13.7 Å². The van der Waals surface area contributed by atoms with Crippen LogP contribution in [0.3, 0.4) is 0 Å². The van der Waals surface area contributed by atoms with Crippen LogP contribution in [0.1, 0.15) is 43.0 Å². The lowest BCUT2D eigenvalue weighted by Gasteiger charge is -2.19. The van der Waals surface area contributed by atoms with Crippen molar-refractivity contribution in [1.82, 2.24) is 4.90 Å². The van der Waals surface area contributed by atoms with Gasteiger partial charge in [-0.05, 0) is 38.1 Å². The Morgan fingerprint density at radius 1 is 1.29 bits per heavy atom. The summed E-state index contributed by atoms with van der Waals surface area (Å²) in [5.41, 5.74) is 0. The molecule has 0 aliphatic carbocycles. The number of carbonyl (C=O) groups is 1. The first-order valence-electron chi connectivity index (χ1n) is 6.10. The average molecular weight is 239 g/mol. The molecule has 1 aromatic heterocycles. The molecule has 1 heterocycles. The van der Waals surface area contributed by atoms with Gasteiger partial charge in [0.1, 0.15) is 5.76 Å². The molecule has 0 aliphatic rings. The molecule has 0 aromatic carbocycles. The van der Waals surface area contributed by atoms with Crippen molar-refractivity contribution in [2.75, 3.05) is 20.2 Å². The second-order valence-corrected chi connectivity index (χ2v) is 4.03. The summed E-state index contributed by atoms with van der Waals surface area (Å²) in [6.07, 6.45) is 2.23. The number of ether oxygens (including phenoxy) is 1. The minimum Gasteiger partial charge on any atom is -0.463 e. The van der Waals surface area contributed by atoms with Crippen molar-refractivity contribution in [3.63, 3.8) is 0 Å². The second kappa shape index (κ2) is 7.12. The quantitative estimate of drug-likeness (QED) is 0.686. The van der Waals surface area contributed by atoms with E-state index in [2.05, 4.69) is 23.5 Å². The lowest BCUT2D eigenvalue weighted by molar-refractivity contribution is 0.0561. The van der Waals surface area contributed by atoms with Gasteiger partial charge in [-0.1, -0.05) is 13.8 Å². The van der Waals surface area contributed by atoms with Crippen molar-refractivity contribution in [1.29, 1.82) is 0 Å². The Morgan fingerprint density at radius 2 is 1.94 bits per heavy atom. The number of methoxy groups -OCH3 is 1. The molecule has 96 valence electrons. The normalized spacial score (nSPS) is 10.8. The molecular formula is C13H21NO3. The van der Waals surface area contributed by atoms with Crippen LogP contribution in [0, 0.1) is 0 Å². The predicted octanol–water partition coefficient (Wildman–Crippen LogP) is 2.69. The van der Waals surface area contributed by atoms with Gasteiger partial charge in [0, 0.05) is 0 Å². The lowest BCUT2D eigenvalue weighted by atomic mass is 10.3. The van der Waals surface area contributed by atoms with Crippen LogP contribution in [-0.2, 0) is 11.3 Å². The van der Waals surface area contributed by atoms with E-state index in [-0.39, 0.29) is 5.76 Å². The van der Waals surface area contributed by atoms with Crippen molar-refractivity contribution >= 4 is 5.97 Å². The number of carbonyl (C=O) groups excluding carboxylic acids is 1. The Morgan fingerprint density at radius 3 is 2.47 bits per heavy atom. The Kier molecular flexibility index (Phi) is 5.77. The zero-order valence-electron chi connectivity index (χ0n) is 10.9. The molecule has 1 aromatic rings. The Balaban J connectivity index is 2.60. The summed E-state index contributed by atoms with van der Waals surface area (Å²) in [7, 11) is 1.35. The smallest absolute Gasteiger partial charge is 0.373 e. The maximum Gasteiger partial charge on any atom is 0.373 e. The van der Waals surface area contributed by atoms with Crippen LogP contribution in [0.25, 0.3) is 0 Å². The highest BCUT2D eigenvalue weighted by molar-refractivity contribution is 5.86. The first-order valence-corrected chi connectivity index (χ1v) is 6.10. The van der Waals surface area contributed by atoms with Gasteiger partial charge in [-0.2, -0.15) is 0 Å². The average Bonchev–Trinajstić information content (AvgIpc) is 2.77. The molecule has 4 nitrogen and oxygen atoms in total. The zero-order valence-corrected chi connectivity index (χ0v) is 10.9.